The van der Waals surface area contributed by atoms with Gasteiger partial charge in [0.25, 0.3) is 0 Å². The molecule has 390 valence electrons. The highest BCUT2D eigenvalue weighted by Crippen LogP contribution is 2.15. The van der Waals surface area contributed by atoms with E-state index in [1.807, 2.05) is 13.8 Å². The summed E-state index contributed by atoms with van der Waals surface area (Å²) < 4.78 is 24.0. The quantitative estimate of drug-likeness (QED) is 0.0321. The molecule has 18 heteroatoms. The Kier molecular flexibility index (Phi) is 29.8. The number of hydrogen-bond acceptors (Lipinski definition) is 17. The molecule has 0 unspecified atom stereocenters. The summed E-state index contributed by atoms with van der Waals surface area (Å²) in [5.74, 6) is -2.01. The highest BCUT2D eigenvalue weighted by atomic mass is 16.5. The van der Waals surface area contributed by atoms with Gasteiger partial charge in [-0.1, -0.05) is 20.3 Å². The number of methoxy groups -OCH3 is 1. The van der Waals surface area contributed by atoms with Crippen LogP contribution < -0.4 is 0 Å². The van der Waals surface area contributed by atoms with E-state index in [1.165, 1.54) is 141 Å². The smallest absolute Gasteiger partial charge is 0.338 e. The van der Waals surface area contributed by atoms with Gasteiger partial charge in [0.15, 0.2) is 0 Å². The fraction of sp³-hybridized carbons (Fsp3) is 0.236. The Hall–Kier alpha value is -9.06. The molecule has 0 aliphatic rings. The third-order valence-corrected chi connectivity index (χ3v) is 8.60. The molecular formula is C55H62O18. The van der Waals surface area contributed by atoms with Crippen molar-refractivity contribution in [1.29, 1.82) is 0 Å². The predicted molar refractivity (Wildman–Crippen MR) is 269 cm³/mol. The molecule has 7 N–H and O–H groups in total. The lowest BCUT2D eigenvalue weighted by atomic mass is 10.2. The van der Waals surface area contributed by atoms with Crippen LogP contribution in [0.25, 0.3) is 0 Å². The fourth-order valence-corrected chi connectivity index (χ4v) is 4.88. The molecule has 0 atom stereocenters. The molecule has 0 heterocycles. The fourth-order valence-electron chi connectivity index (χ4n) is 4.88. The van der Waals surface area contributed by atoms with Crippen LogP contribution in [0.3, 0.4) is 0 Å². The zero-order valence-corrected chi connectivity index (χ0v) is 41.3. The zero-order valence-electron chi connectivity index (χ0n) is 41.3. The van der Waals surface area contributed by atoms with E-state index in [9.17, 15) is 28.8 Å². The average Bonchev–Trinajstić information content (AvgIpc) is 3.37. The van der Waals surface area contributed by atoms with E-state index in [0.717, 1.165) is 19.3 Å². The number of benzene rings is 6. The van der Waals surface area contributed by atoms with Crippen LogP contribution in [0.2, 0.25) is 0 Å². The number of phenols is 6. The Bertz CT molecular complexity index is 2540. The van der Waals surface area contributed by atoms with Gasteiger partial charge in [-0.15, -0.1) is 0 Å². The third-order valence-electron chi connectivity index (χ3n) is 8.60. The molecule has 0 bridgehead atoms. The van der Waals surface area contributed by atoms with E-state index >= 15 is 0 Å². The highest BCUT2D eigenvalue weighted by molar-refractivity contribution is 5.91. The molecule has 73 heavy (non-hydrogen) atoms. The first-order chi connectivity index (χ1) is 34.7. The minimum Gasteiger partial charge on any atom is -0.508 e. The normalized spacial score (nSPS) is 9.58. The Morgan fingerprint density at radius 1 is 0.384 bits per heavy atom. The number of rotatable bonds is 13. The minimum atomic E-state index is -0.986. The van der Waals surface area contributed by atoms with E-state index in [1.54, 1.807) is 32.9 Å². The summed E-state index contributed by atoms with van der Waals surface area (Å²) >= 11 is 0. The van der Waals surface area contributed by atoms with Crippen molar-refractivity contribution in [3.8, 4) is 34.5 Å². The molecule has 0 saturated heterocycles. The van der Waals surface area contributed by atoms with E-state index < -0.39 is 11.9 Å². The largest absolute Gasteiger partial charge is 0.508 e. The number of hydrogen-bond donors (Lipinski definition) is 7. The van der Waals surface area contributed by atoms with Gasteiger partial charge in [0.2, 0.25) is 0 Å². The van der Waals surface area contributed by atoms with Gasteiger partial charge in [0, 0.05) is 0 Å². The van der Waals surface area contributed by atoms with Gasteiger partial charge >= 0.3 is 35.8 Å². The predicted octanol–water partition coefficient (Wildman–Crippen LogP) is 10.1. The first-order valence-corrected chi connectivity index (χ1v) is 22.5. The number of phenolic OH excluding ortho intramolecular Hbond substituents is 6. The first kappa shape index (κ1) is 62.0. The number of aromatic carboxylic acids is 1. The lowest BCUT2D eigenvalue weighted by Crippen LogP contribution is -2.11. The van der Waals surface area contributed by atoms with Crippen LogP contribution in [0.15, 0.2) is 146 Å². The minimum absolute atomic E-state index is 0.0741. The van der Waals surface area contributed by atoms with Crippen LogP contribution in [0.1, 0.15) is 116 Å². The number of carboxylic acid groups (broad SMARTS) is 1. The van der Waals surface area contributed by atoms with Crippen LogP contribution in [0.4, 0.5) is 0 Å². The van der Waals surface area contributed by atoms with Gasteiger partial charge in [-0.25, -0.2) is 28.8 Å². The van der Waals surface area contributed by atoms with Crippen molar-refractivity contribution < 1.29 is 88.2 Å². The maximum atomic E-state index is 11.3. The summed E-state index contributed by atoms with van der Waals surface area (Å²) in [5, 5.41) is 61.8. The number of esters is 5. The Morgan fingerprint density at radius 2 is 0.658 bits per heavy atom. The summed E-state index contributed by atoms with van der Waals surface area (Å²) in [4.78, 5) is 65.9. The maximum Gasteiger partial charge on any atom is 0.338 e. The molecule has 0 radical (unpaired) electrons. The second kappa shape index (κ2) is 35.1. The molecule has 0 aromatic heterocycles. The molecule has 0 aliphatic heterocycles. The lowest BCUT2D eigenvalue weighted by Gasteiger charge is -2.07. The Balaban J connectivity index is 0.000000439. The molecule has 0 saturated carbocycles. The highest BCUT2D eigenvalue weighted by Gasteiger charge is 2.10. The van der Waals surface area contributed by atoms with Crippen LogP contribution in [-0.4, -0.2) is 105 Å². The van der Waals surface area contributed by atoms with Crippen molar-refractivity contribution in [3.05, 3.63) is 179 Å². The number of carbonyl (C=O) groups excluding carboxylic acids is 5. The van der Waals surface area contributed by atoms with Gasteiger partial charge in [-0.2, -0.15) is 0 Å². The van der Waals surface area contributed by atoms with Crippen LogP contribution in [0.5, 0.6) is 34.5 Å². The van der Waals surface area contributed by atoms with Crippen molar-refractivity contribution >= 4 is 35.8 Å². The molecule has 6 rings (SSSR count). The molecule has 18 nitrogen and oxygen atoms in total. The molecule has 0 aliphatic carbocycles. The Labute approximate surface area is 423 Å². The Morgan fingerprint density at radius 3 is 0.918 bits per heavy atom. The van der Waals surface area contributed by atoms with Crippen molar-refractivity contribution in [2.24, 2.45) is 0 Å². The molecule has 6 aromatic rings. The van der Waals surface area contributed by atoms with Crippen LogP contribution >= 0.6 is 0 Å². The van der Waals surface area contributed by atoms with Crippen LogP contribution in [0, 0.1) is 0 Å². The van der Waals surface area contributed by atoms with Gasteiger partial charge in [-0.3, -0.25) is 0 Å². The number of unbranched alkanes of at least 4 members (excludes halogenated alkanes) is 1. The molecule has 6 aromatic carbocycles. The maximum absolute atomic E-state index is 11.3. The van der Waals surface area contributed by atoms with Crippen molar-refractivity contribution in [2.45, 2.75) is 60.0 Å². The van der Waals surface area contributed by atoms with Crippen molar-refractivity contribution in [3.63, 3.8) is 0 Å². The second-order valence-corrected chi connectivity index (χ2v) is 14.9. The van der Waals surface area contributed by atoms with Gasteiger partial charge in [0.1, 0.15) is 34.5 Å². The number of carbonyl (C=O) groups is 6. The summed E-state index contributed by atoms with van der Waals surface area (Å²) in [7, 11) is 1.31. The zero-order chi connectivity index (χ0) is 54.7. The summed E-state index contributed by atoms with van der Waals surface area (Å²) in [6.07, 6.45) is 2.57. The second-order valence-electron chi connectivity index (χ2n) is 14.9. The van der Waals surface area contributed by atoms with Crippen molar-refractivity contribution in [2.75, 3.05) is 26.9 Å². The monoisotopic (exact) mass is 1010 g/mol. The van der Waals surface area contributed by atoms with E-state index in [2.05, 4.69) is 4.74 Å². The van der Waals surface area contributed by atoms with Crippen LogP contribution in [-0.2, 0) is 23.7 Å². The van der Waals surface area contributed by atoms with Gasteiger partial charge < -0.3 is 59.4 Å². The van der Waals surface area contributed by atoms with Crippen molar-refractivity contribution in [1.82, 2.24) is 0 Å². The third kappa shape index (κ3) is 27.1. The molecule has 0 spiro atoms. The summed E-state index contributed by atoms with van der Waals surface area (Å²) in [6, 6.07) is 35.2. The molecule has 0 fully saturated rings. The lowest BCUT2D eigenvalue weighted by molar-refractivity contribution is 0.0375. The molecular weight excluding hydrogens is 949 g/mol. The SMILES string of the molecule is CC(C)OC(=O)c1ccc(O)cc1.CCCCOC(=O)c1ccc(O)cc1.CCCOC(=O)c1ccc(O)cc1.CCOC(=O)c1ccc(O)cc1.COC(=O)c1ccc(O)cc1.O=C(O)c1ccc(O)cc1. The first-order valence-electron chi connectivity index (χ1n) is 22.5. The summed E-state index contributed by atoms with van der Waals surface area (Å²) in [6.45, 7) is 10.5. The number of carboxylic acids is 1. The molecule has 0 amide bonds. The van der Waals surface area contributed by atoms with Gasteiger partial charge in [-0.05, 0) is 179 Å². The summed E-state index contributed by atoms with van der Waals surface area (Å²) in [5.41, 5.74) is 2.45. The topological polar surface area (TPSA) is 290 Å². The van der Waals surface area contributed by atoms with E-state index in [-0.39, 0.29) is 70.0 Å². The number of ether oxygens (including phenoxy) is 5. The average molecular weight is 1010 g/mol. The van der Waals surface area contributed by atoms with Gasteiger partial charge in [0.05, 0.1) is 66.4 Å². The number of aromatic hydroxyl groups is 6. The van der Waals surface area contributed by atoms with E-state index in [0.29, 0.717) is 47.6 Å². The van der Waals surface area contributed by atoms with E-state index in [4.69, 9.17) is 54.7 Å². The standard InChI is InChI=1S/C11H14O3.2C10H12O3.C9H10O3.C8H8O3.C7H6O3/c1-2-3-8-14-11(13)9-4-6-10(12)7-5-9;1-7(2)13-10(12)8-3-5-9(11)6-4-8;1-2-7-13-10(12)8-3-5-9(11)6-4-8;1-2-12-9(11)7-3-5-8(10)6-4-7;1-11-8(10)6-2-4-7(9)5-3-6;8-6-3-1-5(2-4-6)7(9)10/h4-7,12H,2-3,8H2,1H3;3-7,11H,1-2H3;3-6,11H,2,7H2,1H3;3-6,10H,2H2,1H3;2-5,9H,1H3;1-4,8H,(H,9,10).